The van der Waals surface area contributed by atoms with E-state index in [1.54, 1.807) is 36.4 Å². The first-order valence-electron chi connectivity index (χ1n) is 10.1. The van der Waals surface area contributed by atoms with Crippen LogP contribution in [-0.4, -0.2) is 30.5 Å². The lowest BCUT2D eigenvalue weighted by Crippen LogP contribution is -2.32. The van der Waals surface area contributed by atoms with Crippen LogP contribution in [0, 0.1) is 0 Å². The third kappa shape index (κ3) is 4.66. The summed E-state index contributed by atoms with van der Waals surface area (Å²) in [5, 5.41) is 2.91. The number of ether oxygens (including phenoxy) is 2. The molecule has 0 fully saturated rings. The fraction of sp³-hybridized carbons (Fsp3) is 0.208. The summed E-state index contributed by atoms with van der Waals surface area (Å²) in [5.41, 5.74) is 2.04. The van der Waals surface area contributed by atoms with Crippen LogP contribution in [0.15, 0.2) is 66.9 Å². The van der Waals surface area contributed by atoms with Crippen molar-refractivity contribution in [1.82, 2.24) is 10.3 Å². The molecule has 0 spiro atoms. The van der Waals surface area contributed by atoms with Gasteiger partial charge in [0.2, 0.25) is 11.8 Å². The minimum atomic E-state index is -0.190. The topological polar surface area (TPSA) is 80.8 Å². The molecule has 0 unspecified atom stereocenters. The summed E-state index contributed by atoms with van der Waals surface area (Å²) >= 11 is 0. The summed E-state index contributed by atoms with van der Waals surface area (Å²) in [5.74, 6) is 1.35. The van der Waals surface area contributed by atoms with Crippen LogP contribution in [0.2, 0.25) is 0 Å². The molecule has 2 heterocycles. The minimum absolute atomic E-state index is 0.0725. The van der Waals surface area contributed by atoms with Crippen molar-refractivity contribution in [3.63, 3.8) is 0 Å². The van der Waals surface area contributed by atoms with E-state index in [1.165, 1.54) is 0 Å². The molecular weight excluding hydrogens is 394 g/mol. The molecule has 31 heavy (non-hydrogen) atoms. The third-order valence-corrected chi connectivity index (χ3v) is 5.02. The predicted octanol–water partition coefficient (Wildman–Crippen LogP) is 3.94. The van der Waals surface area contributed by atoms with Crippen molar-refractivity contribution in [2.45, 2.75) is 19.4 Å². The number of carbonyl (C=O) groups is 2. The Labute approximate surface area is 180 Å². The van der Waals surface area contributed by atoms with Crippen LogP contribution in [0.1, 0.15) is 28.8 Å². The Hall–Kier alpha value is -3.87. The van der Waals surface area contributed by atoms with E-state index < -0.39 is 0 Å². The molecule has 0 radical (unpaired) electrons. The summed E-state index contributed by atoms with van der Waals surface area (Å²) in [6.07, 6.45) is 2.41. The maximum Gasteiger partial charge on any atom is 0.263 e. The van der Waals surface area contributed by atoms with Gasteiger partial charge in [0.15, 0.2) is 5.75 Å². The van der Waals surface area contributed by atoms with E-state index in [9.17, 15) is 9.59 Å². The average molecular weight is 417 g/mol. The number of benzene rings is 2. The zero-order chi connectivity index (χ0) is 21.6. The van der Waals surface area contributed by atoms with Crippen molar-refractivity contribution in [3.05, 3.63) is 78.0 Å². The Morgan fingerprint density at radius 1 is 1.13 bits per heavy atom. The van der Waals surface area contributed by atoms with Crippen molar-refractivity contribution < 1.29 is 19.1 Å². The van der Waals surface area contributed by atoms with Gasteiger partial charge in [-0.25, -0.2) is 4.98 Å². The molecule has 7 nitrogen and oxygen atoms in total. The molecule has 0 aliphatic carbocycles. The molecule has 158 valence electrons. The number of aromatic nitrogens is 1. The van der Waals surface area contributed by atoms with Crippen molar-refractivity contribution >= 4 is 17.5 Å². The van der Waals surface area contributed by atoms with E-state index in [-0.39, 0.29) is 11.8 Å². The van der Waals surface area contributed by atoms with E-state index in [0.29, 0.717) is 48.8 Å². The van der Waals surface area contributed by atoms with Crippen molar-refractivity contribution in [3.8, 4) is 17.4 Å². The number of hydrogen-bond donors (Lipinski definition) is 1. The molecule has 0 saturated carbocycles. The van der Waals surface area contributed by atoms with E-state index in [1.807, 2.05) is 42.5 Å². The molecule has 0 atom stereocenters. The fourth-order valence-corrected chi connectivity index (χ4v) is 3.45. The molecule has 1 aliphatic heterocycles. The van der Waals surface area contributed by atoms with Gasteiger partial charge in [-0.05, 0) is 48.4 Å². The Morgan fingerprint density at radius 3 is 2.87 bits per heavy atom. The quantitative estimate of drug-likeness (QED) is 0.630. The zero-order valence-electron chi connectivity index (χ0n) is 17.2. The molecule has 0 bridgehead atoms. The highest BCUT2D eigenvalue weighted by atomic mass is 16.5. The summed E-state index contributed by atoms with van der Waals surface area (Å²) in [6.45, 7) is 0.814. The molecule has 3 aromatic rings. The number of methoxy groups -OCH3 is 1. The maximum atomic E-state index is 13.1. The SMILES string of the molecule is COc1cccc(CNC(=O)CCCN2C(=O)c3cccnc3Oc3ccccc32)c1. The van der Waals surface area contributed by atoms with Gasteiger partial charge in [-0.2, -0.15) is 0 Å². The lowest BCUT2D eigenvalue weighted by Gasteiger charge is -2.21. The Kier molecular flexibility index (Phi) is 6.12. The molecule has 4 rings (SSSR count). The molecule has 2 amide bonds. The molecular formula is C24H23N3O4. The number of para-hydroxylation sites is 2. The van der Waals surface area contributed by atoms with Gasteiger partial charge in [0, 0.05) is 25.7 Å². The summed E-state index contributed by atoms with van der Waals surface area (Å²) in [7, 11) is 1.61. The second-order valence-corrected chi connectivity index (χ2v) is 7.11. The van der Waals surface area contributed by atoms with Crippen LogP contribution in [0.4, 0.5) is 5.69 Å². The normalized spacial score (nSPS) is 12.3. The van der Waals surface area contributed by atoms with E-state index in [0.717, 1.165) is 11.3 Å². The van der Waals surface area contributed by atoms with Gasteiger partial charge < -0.3 is 19.7 Å². The van der Waals surface area contributed by atoms with Gasteiger partial charge in [-0.1, -0.05) is 24.3 Å². The average Bonchev–Trinajstić information content (AvgIpc) is 2.92. The highest BCUT2D eigenvalue weighted by Crippen LogP contribution is 2.37. The predicted molar refractivity (Wildman–Crippen MR) is 117 cm³/mol. The molecule has 0 saturated heterocycles. The lowest BCUT2D eigenvalue weighted by molar-refractivity contribution is -0.121. The number of pyridine rings is 1. The van der Waals surface area contributed by atoms with Gasteiger partial charge in [0.25, 0.3) is 5.91 Å². The number of amides is 2. The number of rotatable bonds is 7. The summed E-state index contributed by atoms with van der Waals surface area (Å²) < 4.78 is 11.1. The molecule has 2 aromatic carbocycles. The van der Waals surface area contributed by atoms with Gasteiger partial charge >= 0.3 is 0 Å². The zero-order valence-corrected chi connectivity index (χ0v) is 17.2. The third-order valence-electron chi connectivity index (χ3n) is 5.02. The van der Waals surface area contributed by atoms with Gasteiger partial charge in [0.05, 0.1) is 12.8 Å². The number of nitrogens with zero attached hydrogens (tertiary/aromatic N) is 2. The van der Waals surface area contributed by atoms with Crippen LogP contribution >= 0.6 is 0 Å². The van der Waals surface area contributed by atoms with Crippen LogP contribution < -0.4 is 19.7 Å². The molecule has 1 N–H and O–H groups in total. The summed E-state index contributed by atoms with van der Waals surface area (Å²) in [6, 6.07) is 18.3. The van der Waals surface area contributed by atoms with E-state index in [2.05, 4.69) is 10.3 Å². The highest BCUT2D eigenvalue weighted by Gasteiger charge is 2.28. The first-order chi connectivity index (χ1) is 15.2. The van der Waals surface area contributed by atoms with Crippen molar-refractivity contribution in [2.75, 3.05) is 18.6 Å². The Morgan fingerprint density at radius 2 is 2.00 bits per heavy atom. The number of anilines is 1. The minimum Gasteiger partial charge on any atom is -0.497 e. The molecule has 1 aromatic heterocycles. The van der Waals surface area contributed by atoms with Crippen molar-refractivity contribution in [2.24, 2.45) is 0 Å². The summed E-state index contributed by atoms with van der Waals surface area (Å²) in [4.78, 5) is 31.3. The maximum absolute atomic E-state index is 13.1. The second kappa shape index (κ2) is 9.30. The number of hydrogen-bond acceptors (Lipinski definition) is 5. The van der Waals surface area contributed by atoms with E-state index in [4.69, 9.17) is 9.47 Å². The van der Waals surface area contributed by atoms with Crippen LogP contribution in [0.25, 0.3) is 0 Å². The molecule has 1 aliphatic rings. The Bertz CT molecular complexity index is 1100. The number of fused-ring (bicyclic) bond motifs is 2. The van der Waals surface area contributed by atoms with Gasteiger partial charge in [-0.3, -0.25) is 9.59 Å². The van der Waals surface area contributed by atoms with Crippen LogP contribution in [-0.2, 0) is 11.3 Å². The number of nitrogens with one attached hydrogen (secondary N) is 1. The van der Waals surface area contributed by atoms with Crippen LogP contribution in [0.3, 0.4) is 0 Å². The highest BCUT2D eigenvalue weighted by molar-refractivity contribution is 6.09. The van der Waals surface area contributed by atoms with Crippen LogP contribution in [0.5, 0.6) is 17.4 Å². The monoisotopic (exact) mass is 417 g/mol. The largest absolute Gasteiger partial charge is 0.497 e. The first kappa shape index (κ1) is 20.4. The molecule has 7 heteroatoms. The Balaban J connectivity index is 1.39. The van der Waals surface area contributed by atoms with Gasteiger partial charge in [-0.15, -0.1) is 0 Å². The standard InChI is InChI=1S/C24H23N3O4/c1-30-18-8-4-7-17(15-18)16-26-22(28)12-6-14-27-20-10-2-3-11-21(20)31-23-19(24(27)29)9-5-13-25-23/h2-5,7-11,13,15H,6,12,14,16H2,1H3,(H,26,28). The van der Waals surface area contributed by atoms with Gasteiger partial charge in [0.1, 0.15) is 11.3 Å². The van der Waals surface area contributed by atoms with Crippen molar-refractivity contribution in [1.29, 1.82) is 0 Å². The first-order valence-corrected chi connectivity index (χ1v) is 10.1. The van der Waals surface area contributed by atoms with E-state index >= 15 is 0 Å². The fourth-order valence-electron chi connectivity index (χ4n) is 3.45. The lowest BCUT2D eigenvalue weighted by atomic mass is 10.2. The smallest absolute Gasteiger partial charge is 0.263 e. The second-order valence-electron chi connectivity index (χ2n) is 7.11. The number of carbonyl (C=O) groups excluding carboxylic acids is 2.